The lowest BCUT2D eigenvalue weighted by Gasteiger charge is -2.06. The van der Waals surface area contributed by atoms with Gasteiger partial charge in [-0.25, -0.2) is 4.79 Å². The molecule has 0 aliphatic heterocycles. The number of H-pyrrole nitrogens is 1. The van der Waals surface area contributed by atoms with E-state index >= 15 is 0 Å². The van der Waals surface area contributed by atoms with E-state index < -0.39 is 16.9 Å². The topological polar surface area (TPSA) is 112 Å². The van der Waals surface area contributed by atoms with Gasteiger partial charge in [-0.2, -0.15) is 9.94 Å². The van der Waals surface area contributed by atoms with Gasteiger partial charge in [0.1, 0.15) is 6.07 Å². The molecule has 0 radical (unpaired) electrons. The Morgan fingerprint density at radius 1 is 1.32 bits per heavy atom. The molecule has 0 saturated carbocycles. The number of hydrogen-bond acceptors (Lipinski definition) is 5. The molecule has 7 nitrogen and oxygen atoms in total. The minimum Gasteiger partial charge on any atom is -0.505 e. The van der Waals surface area contributed by atoms with E-state index in [1.165, 1.54) is 12.1 Å². The fraction of sp³-hybridized carbons (Fsp3) is 0. The number of benzene rings is 1. The smallest absolute Gasteiger partial charge is 0.349 e. The molecule has 9 heteroatoms. The first-order valence-corrected chi connectivity index (χ1v) is 5.51. The van der Waals surface area contributed by atoms with Crippen LogP contribution in [0.15, 0.2) is 21.7 Å². The van der Waals surface area contributed by atoms with E-state index in [0.29, 0.717) is 0 Å². The van der Waals surface area contributed by atoms with Crippen LogP contribution in [-0.2, 0) is 0 Å². The molecule has 0 spiro atoms. The Morgan fingerprint density at radius 3 is 2.42 bits per heavy atom. The lowest BCUT2D eigenvalue weighted by molar-refractivity contribution is 0.475. The molecule has 0 amide bonds. The number of phenolic OH excluding ortho intramolecular Hbond substituents is 1. The molecular weight excluding hydrogens is 295 g/mol. The van der Waals surface area contributed by atoms with Crippen molar-refractivity contribution >= 4 is 23.2 Å². The minimum atomic E-state index is -0.889. The number of nitriles is 1. The summed E-state index contributed by atoms with van der Waals surface area (Å²) in [4.78, 5) is 24.7. The molecule has 0 atom stereocenters. The Hall–Kier alpha value is -2.30. The molecule has 0 bridgehead atoms. The van der Waals surface area contributed by atoms with E-state index in [1.54, 1.807) is 6.07 Å². The highest BCUT2D eigenvalue weighted by atomic mass is 35.5. The SMILES string of the molecule is N#Cc1nn(-c2cc(Cl)c(O)c(Cl)c2)c(=O)[nH]c1=O. The van der Waals surface area contributed by atoms with Crippen LogP contribution in [0.1, 0.15) is 5.69 Å². The molecule has 2 N–H and O–H groups in total. The number of nitrogens with one attached hydrogen (secondary N) is 1. The van der Waals surface area contributed by atoms with Gasteiger partial charge >= 0.3 is 5.69 Å². The van der Waals surface area contributed by atoms with Crippen LogP contribution in [0.25, 0.3) is 5.69 Å². The second-order valence-electron chi connectivity index (χ2n) is 3.39. The maximum Gasteiger partial charge on any atom is 0.349 e. The van der Waals surface area contributed by atoms with E-state index in [1.807, 2.05) is 4.98 Å². The van der Waals surface area contributed by atoms with Crippen LogP contribution in [0, 0.1) is 11.3 Å². The standard InChI is InChI=1S/C10H4Cl2N4O3/c11-5-1-4(2-6(12)8(5)17)16-10(19)14-9(18)7(3-13)15-16/h1-2,17H,(H,14,18,19). The molecule has 19 heavy (non-hydrogen) atoms. The van der Waals surface area contributed by atoms with Crippen LogP contribution in [0.5, 0.6) is 5.75 Å². The van der Waals surface area contributed by atoms with Gasteiger partial charge in [-0.05, 0) is 12.1 Å². The molecule has 96 valence electrons. The highest BCUT2D eigenvalue weighted by Crippen LogP contribution is 2.33. The average molecular weight is 299 g/mol. The highest BCUT2D eigenvalue weighted by molar-refractivity contribution is 6.37. The first-order valence-electron chi connectivity index (χ1n) is 4.76. The summed E-state index contributed by atoms with van der Waals surface area (Å²) >= 11 is 11.4. The van der Waals surface area contributed by atoms with Crippen molar-refractivity contribution in [3.63, 3.8) is 0 Å². The third-order valence-corrected chi connectivity index (χ3v) is 2.76. The Balaban J connectivity index is 2.77. The molecule has 2 aromatic rings. The zero-order valence-corrected chi connectivity index (χ0v) is 10.5. The van der Waals surface area contributed by atoms with Gasteiger partial charge in [-0.15, -0.1) is 5.10 Å². The second kappa shape index (κ2) is 4.76. The van der Waals surface area contributed by atoms with E-state index in [-0.39, 0.29) is 21.5 Å². The predicted octanol–water partition coefficient (Wildman–Crippen LogP) is 0.805. The van der Waals surface area contributed by atoms with E-state index in [9.17, 15) is 14.7 Å². The lowest BCUT2D eigenvalue weighted by atomic mass is 10.3. The summed E-state index contributed by atoms with van der Waals surface area (Å²) in [6, 6.07) is 3.98. The lowest BCUT2D eigenvalue weighted by Crippen LogP contribution is -2.33. The number of hydrogen-bond donors (Lipinski definition) is 2. The van der Waals surface area contributed by atoms with Gasteiger partial charge in [0.15, 0.2) is 5.75 Å². The molecule has 0 fully saturated rings. The first-order chi connectivity index (χ1) is 8.93. The summed E-state index contributed by atoms with van der Waals surface area (Å²) in [5.74, 6) is -0.343. The van der Waals surface area contributed by atoms with Gasteiger partial charge in [-0.3, -0.25) is 9.78 Å². The average Bonchev–Trinajstić information content (AvgIpc) is 2.35. The van der Waals surface area contributed by atoms with Crippen molar-refractivity contribution in [3.05, 3.63) is 48.7 Å². The number of rotatable bonds is 1. The van der Waals surface area contributed by atoms with Crippen molar-refractivity contribution in [3.8, 4) is 17.5 Å². The van der Waals surface area contributed by atoms with E-state index in [0.717, 1.165) is 4.68 Å². The van der Waals surface area contributed by atoms with Gasteiger partial charge < -0.3 is 5.11 Å². The number of nitrogens with zero attached hydrogens (tertiary/aromatic N) is 3. The fourth-order valence-electron chi connectivity index (χ4n) is 1.32. The Labute approximate surface area is 115 Å². The van der Waals surface area contributed by atoms with Crippen molar-refractivity contribution in [1.29, 1.82) is 5.26 Å². The zero-order chi connectivity index (χ0) is 14.2. The van der Waals surface area contributed by atoms with Crippen molar-refractivity contribution in [2.24, 2.45) is 0 Å². The number of aromatic hydroxyl groups is 1. The van der Waals surface area contributed by atoms with Gasteiger partial charge in [0.25, 0.3) is 5.56 Å². The molecule has 2 rings (SSSR count). The van der Waals surface area contributed by atoms with Crippen molar-refractivity contribution in [2.75, 3.05) is 0 Å². The molecular formula is C10H4Cl2N4O3. The van der Waals surface area contributed by atoms with Crippen molar-refractivity contribution in [2.45, 2.75) is 0 Å². The van der Waals surface area contributed by atoms with Crippen LogP contribution in [0.3, 0.4) is 0 Å². The van der Waals surface area contributed by atoms with Gasteiger partial charge in [0.05, 0.1) is 15.7 Å². The molecule has 1 aromatic carbocycles. The monoisotopic (exact) mass is 298 g/mol. The number of halogens is 2. The maximum absolute atomic E-state index is 11.6. The number of aromatic nitrogens is 3. The Morgan fingerprint density at radius 2 is 1.89 bits per heavy atom. The highest BCUT2D eigenvalue weighted by Gasteiger charge is 2.12. The molecule has 0 unspecified atom stereocenters. The van der Waals surface area contributed by atoms with E-state index in [4.69, 9.17) is 28.5 Å². The van der Waals surface area contributed by atoms with Crippen LogP contribution in [-0.4, -0.2) is 19.9 Å². The molecule has 1 aromatic heterocycles. The quantitative estimate of drug-likeness (QED) is 0.809. The van der Waals surface area contributed by atoms with Crippen LogP contribution >= 0.6 is 23.2 Å². The Kier molecular flexibility index (Phi) is 3.29. The van der Waals surface area contributed by atoms with Crippen LogP contribution in [0.2, 0.25) is 10.0 Å². The zero-order valence-electron chi connectivity index (χ0n) is 9.02. The fourth-order valence-corrected chi connectivity index (χ4v) is 1.80. The molecule has 0 aliphatic rings. The maximum atomic E-state index is 11.6. The largest absolute Gasteiger partial charge is 0.505 e. The van der Waals surface area contributed by atoms with Gasteiger partial charge in [0, 0.05) is 0 Å². The van der Waals surface area contributed by atoms with Crippen LogP contribution < -0.4 is 11.2 Å². The number of phenols is 1. The van der Waals surface area contributed by atoms with Crippen molar-refractivity contribution in [1.82, 2.24) is 14.8 Å². The van der Waals surface area contributed by atoms with Gasteiger partial charge in [0.2, 0.25) is 5.69 Å². The molecule has 0 saturated heterocycles. The summed E-state index contributed by atoms with van der Waals surface area (Å²) in [5.41, 5.74) is -2.13. The Bertz CT molecular complexity index is 796. The first kappa shape index (κ1) is 13.1. The summed E-state index contributed by atoms with van der Waals surface area (Å²) in [5, 5.41) is 21.5. The normalized spacial score (nSPS) is 10.2. The van der Waals surface area contributed by atoms with E-state index in [2.05, 4.69) is 5.10 Å². The summed E-state index contributed by atoms with van der Waals surface area (Å²) < 4.78 is 0.747. The molecule has 1 heterocycles. The predicted molar refractivity (Wildman–Crippen MR) is 66.9 cm³/mol. The third kappa shape index (κ3) is 2.31. The second-order valence-corrected chi connectivity index (χ2v) is 4.20. The van der Waals surface area contributed by atoms with Crippen LogP contribution in [0.4, 0.5) is 0 Å². The summed E-state index contributed by atoms with van der Waals surface area (Å²) in [6.07, 6.45) is 0. The number of aromatic amines is 1. The van der Waals surface area contributed by atoms with Gasteiger partial charge in [-0.1, -0.05) is 23.2 Å². The summed E-state index contributed by atoms with van der Waals surface area (Å²) in [6.45, 7) is 0. The van der Waals surface area contributed by atoms with Crippen molar-refractivity contribution < 1.29 is 5.11 Å². The third-order valence-electron chi connectivity index (χ3n) is 2.18. The minimum absolute atomic E-state index is 0.0964. The summed E-state index contributed by atoms with van der Waals surface area (Å²) in [7, 11) is 0. The molecule has 0 aliphatic carbocycles.